The Morgan fingerprint density at radius 2 is 1.95 bits per heavy atom. The van der Waals surface area contributed by atoms with Crippen molar-refractivity contribution in [2.45, 2.75) is 24.8 Å². The number of nitrogens with one attached hydrogen (secondary N) is 1. The molecule has 0 heterocycles. The molecule has 0 aliphatic heterocycles. The zero-order valence-corrected chi connectivity index (χ0v) is 12.6. The van der Waals surface area contributed by atoms with Crippen molar-refractivity contribution in [3.05, 3.63) is 17.7 Å². The van der Waals surface area contributed by atoms with Crippen LogP contribution < -0.4 is 16.2 Å². The van der Waals surface area contributed by atoms with Crippen molar-refractivity contribution in [2.75, 3.05) is 31.7 Å². The maximum absolute atomic E-state index is 11.5. The second-order valence-corrected chi connectivity index (χ2v) is 6.57. The van der Waals surface area contributed by atoms with Crippen LogP contribution in [0, 0.1) is 6.92 Å². The second kappa shape index (κ2) is 5.77. The lowest BCUT2D eigenvalue weighted by atomic mass is 10.1. The van der Waals surface area contributed by atoms with Crippen LogP contribution in [0.25, 0.3) is 0 Å². The molecule has 5 N–H and O–H groups in total. The van der Waals surface area contributed by atoms with Gasteiger partial charge in [0, 0.05) is 24.0 Å². The molecule has 0 amide bonds. The first-order valence-electron chi connectivity index (χ1n) is 5.95. The predicted molar refractivity (Wildman–Crippen MR) is 78.6 cm³/mol. The van der Waals surface area contributed by atoms with Gasteiger partial charge in [0.25, 0.3) is 0 Å². The molecule has 0 aliphatic carbocycles. The number of rotatable bonds is 5. The Morgan fingerprint density at radius 1 is 1.37 bits per heavy atom. The highest BCUT2D eigenvalue weighted by molar-refractivity contribution is 7.89. The Morgan fingerprint density at radius 3 is 2.42 bits per heavy atom. The SMILES string of the molecule is Cc1c(NC(C)CN(C)C)cc(N)cc1S(N)(=O)=O. The molecule has 0 radical (unpaired) electrons. The molecule has 1 aromatic rings. The standard InChI is InChI=1S/C12H22N4O2S/c1-8(7-16(3)4)15-11-5-10(13)6-12(9(11)2)19(14,17)18/h5-6,8,15H,7,13H2,1-4H3,(H2,14,17,18). The van der Waals surface area contributed by atoms with E-state index < -0.39 is 10.0 Å². The minimum atomic E-state index is -3.77. The normalized spacial score (nSPS) is 13.6. The molecule has 0 saturated heterocycles. The second-order valence-electron chi connectivity index (χ2n) is 5.04. The van der Waals surface area contributed by atoms with Crippen LogP contribution in [0.5, 0.6) is 0 Å². The minimum Gasteiger partial charge on any atom is -0.399 e. The summed E-state index contributed by atoms with van der Waals surface area (Å²) >= 11 is 0. The van der Waals surface area contributed by atoms with Crippen LogP contribution in [-0.2, 0) is 10.0 Å². The number of nitrogens with zero attached hydrogens (tertiary/aromatic N) is 1. The number of nitrogen functional groups attached to an aromatic ring is 1. The predicted octanol–water partition coefficient (Wildman–Crippen LogP) is 0.587. The topological polar surface area (TPSA) is 101 Å². The molecule has 6 nitrogen and oxygen atoms in total. The van der Waals surface area contributed by atoms with Crippen LogP contribution in [0.15, 0.2) is 17.0 Å². The summed E-state index contributed by atoms with van der Waals surface area (Å²) in [6.45, 7) is 4.54. The van der Waals surface area contributed by atoms with Gasteiger partial charge in [-0.05, 0) is 45.6 Å². The van der Waals surface area contributed by atoms with Crippen LogP contribution in [-0.4, -0.2) is 40.0 Å². The summed E-state index contributed by atoms with van der Waals surface area (Å²) in [5.41, 5.74) is 7.38. The third-order valence-corrected chi connectivity index (χ3v) is 3.77. The van der Waals surface area contributed by atoms with Gasteiger partial charge < -0.3 is 16.0 Å². The lowest BCUT2D eigenvalue weighted by Gasteiger charge is -2.21. The van der Waals surface area contributed by atoms with E-state index in [1.165, 1.54) is 6.07 Å². The molecule has 108 valence electrons. The van der Waals surface area contributed by atoms with Gasteiger partial charge in [-0.1, -0.05) is 0 Å². The molecule has 0 aromatic heterocycles. The van der Waals surface area contributed by atoms with Crippen LogP contribution in [0.1, 0.15) is 12.5 Å². The minimum absolute atomic E-state index is 0.0621. The smallest absolute Gasteiger partial charge is 0.238 e. The molecule has 0 fully saturated rings. The third kappa shape index (κ3) is 4.38. The van der Waals surface area contributed by atoms with Gasteiger partial charge in [0.2, 0.25) is 10.0 Å². The fourth-order valence-corrected chi connectivity index (χ4v) is 2.85. The fourth-order valence-electron chi connectivity index (χ4n) is 2.01. The molecular weight excluding hydrogens is 264 g/mol. The maximum atomic E-state index is 11.5. The number of hydrogen-bond donors (Lipinski definition) is 3. The first kappa shape index (κ1) is 15.7. The Kier molecular flexibility index (Phi) is 4.78. The molecule has 0 saturated carbocycles. The summed E-state index contributed by atoms with van der Waals surface area (Å²) in [7, 11) is 0.177. The molecule has 1 unspecified atom stereocenters. The highest BCUT2D eigenvalue weighted by Crippen LogP contribution is 2.26. The number of likely N-dealkylation sites (N-methyl/N-ethyl adjacent to an activating group) is 1. The molecule has 0 bridgehead atoms. The van der Waals surface area contributed by atoms with Gasteiger partial charge in [-0.15, -0.1) is 0 Å². The Bertz CT molecular complexity index is 555. The van der Waals surface area contributed by atoms with Gasteiger partial charge in [0.1, 0.15) is 0 Å². The molecule has 1 atom stereocenters. The van der Waals surface area contributed by atoms with E-state index in [0.29, 0.717) is 16.9 Å². The highest BCUT2D eigenvalue weighted by atomic mass is 32.2. The van der Waals surface area contributed by atoms with Crippen molar-refractivity contribution < 1.29 is 8.42 Å². The van der Waals surface area contributed by atoms with Crippen molar-refractivity contribution in [1.82, 2.24) is 4.90 Å². The van der Waals surface area contributed by atoms with Gasteiger partial charge in [0.05, 0.1) is 4.90 Å². The van der Waals surface area contributed by atoms with Crippen molar-refractivity contribution in [3.8, 4) is 0 Å². The number of primary sulfonamides is 1. The fraction of sp³-hybridized carbons (Fsp3) is 0.500. The summed E-state index contributed by atoms with van der Waals surface area (Å²) < 4.78 is 23.0. The van der Waals surface area contributed by atoms with E-state index in [0.717, 1.165) is 6.54 Å². The van der Waals surface area contributed by atoms with Gasteiger partial charge in [-0.2, -0.15) is 0 Å². The molecule has 0 spiro atoms. The van der Waals surface area contributed by atoms with Crippen LogP contribution in [0.4, 0.5) is 11.4 Å². The lowest BCUT2D eigenvalue weighted by molar-refractivity contribution is 0.392. The van der Waals surface area contributed by atoms with Crippen LogP contribution >= 0.6 is 0 Å². The zero-order chi connectivity index (χ0) is 14.8. The lowest BCUT2D eigenvalue weighted by Crippen LogP contribution is -2.30. The Hall–Kier alpha value is -1.31. The van der Waals surface area contributed by atoms with Gasteiger partial charge in [0.15, 0.2) is 0 Å². The number of anilines is 2. The van der Waals surface area contributed by atoms with Crippen molar-refractivity contribution in [2.24, 2.45) is 5.14 Å². The zero-order valence-electron chi connectivity index (χ0n) is 11.8. The summed E-state index contributed by atoms with van der Waals surface area (Å²) in [6.07, 6.45) is 0. The molecular formula is C12H22N4O2S. The van der Waals surface area contributed by atoms with Crippen molar-refractivity contribution in [1.29, 1.82) is 0 Å². The van der Waals surface area contributed by atoms with E-state index in [1.54, 1.807) is 13.0 Å². The van der Waals surface area contributed by atoms with Crippen molar-refractivity contribution in [3.63, 3.8) is 0 Å². The molecule has 0 aliphatic rings. The van der Waals surface area contributed by atoms with E-state index in [4.69, 9.17) is 10.9 Å². The molecule has 19 heavy (non-hydrogen) atoms. The maximum Gasteiger partial charge on any atom is 0.238 e. The molecule has 7 heteroatoms. The van der Waals surface area contributed by atoms with E-state index in [2.05, 4.69) is 5.32 Å². The third-order valence-electron chi connectivity index (χ3n) is 2.73. The van der Waals surface area contributed by atoms with Gasteiger partial charge >= 0.3 is 0 Å². The van der Waals surface area contributed by atoms with Gasteiger partial charge in [-0.3, -0.25) is 0 Å². The average molecular weight is 286 g/mol. The molecule has 1 rings (SSSR count). The first-order valence-corrected chi connectivity index (χ1v) is 7.50. The number of benzene rings is 1. The van der Waals surface area contributed by atoms with E-state index >= 15 is 0 Å². The first-order chi connectivity index (χ1) is 8.61. The monoisotopic (exact) mass is 286 g/mol. The Labute approximate surface area is 114 Å². The van der Waals surface area contributed by atoms with Crippen LogP contribution in [0.3, 0.4) is 0 Å². The quantitative estimate of drug-likeness (QED) is 0.688. The highest BCUT2D eigenvalue weighted by Gasteiger charge is 2.16. The number of nitrogens with two attached hydrogens (primary N) is 2. The average Bonchev–Trinajstić information content (AvgIpc) is 2.19. The van der Waals surface area contributed by atoms with Crippen LogP contribution in [0.2, 0.25) is 0 Å². The van der Waals surface area contributed by atoms with Crippen molar-refractivity contribution >= 4 is 21.4 Å². The summed E-state index contributed by atoms with van der Waals surface area (Å²) in [5, 5.41) is 8.44. The van der Waals surface area contributed by atoms with E-state index in [9.17, 15) is 8.42 Å². The summed E-state index contributed by atoms with van der Waals surface area (Å²) in [6, 6.07) is 3.26. The summed E-state index contributed by atoms with van der Waals surface area (Å²) in [4.78, 5) is 2.10. The Balaban J connectivity index is 3.12. The van der Waals surface area contributed by atoms with Gasteiger partial charge in [-0.25, -0.2) is 13.6 Å². The largest absolute Gasteiger partial charge is 0.399 e. The van der Waals surface area contributed by atoms with E-state index in [-0.39, 0.29) is 10.9 Å². The van der Waals surface area contributed by atoms with E-state index in [1.807, 2.05) is 25.9 Å². The molecule has 1 aromatic carbocycles. The summed E-state index contributed by atoms with van der Waals surface area (Å²) in [5.74, 6) is 0. The number of sulfonamides is 1. The number of hydrogen-bond acceptors (Lipinski definition) is 5.